The molecule has 1 aliphatic rings. The Kier molecular flexibility index (Phi) is 5.79. The number of carbonyl (C=O) groups is 1. The molecule has 0 aliphatic carbocycles. The van der Waals surface area contributed by atoms with Gasteiger partial charge in [0.2, 0.25) is 0 Å². The largest absolute Gasteiger partial charge is 0.497 e. The van der Waals surface area contributed by atoms with E-state index in [0.717, 1.165) is 33.5 Å². The van der Waals surface area contributed by atoms with Crippen LogP contribution in [0.2, 0.25) is 0 Å². The molecule has 30 heavy (non-hydrogen) atoms. The first kappa shape index (κ1) is 20.4. The molecule has 0 unspecified atom stereocenters. The van der Waals surface area contributed by atoms with Gasteiger partial charge in [-0.15, -0.1) is 0 Å². The van der Waals surface area contributed by atoms with Gasteiger partial charge in [-0.1, -0.05) is 54.3 Å². The van der Waals surface area contributed by atoms with E-state index in [9.17, 15) is 4.79 Å². The van der Waals surface area contributed by atoms with Crippen molar-refractivity contribution in [2.75, 3.05) is 12.0 Å². The van der Waals surface area contributed by atoms with Gasteiger partial charge >= 0.3 is 0 Å². The summed E-state index contributed by atoms with van der Waals surface area (Å²) in [7, 11) is 1.61. The van der Waals surface area contributed by atoms with Gasteiger partial charge in [0, 0.05) is 5.56 Å². The standard InChI is InChI=1S/C24H21NO3S2/c1-15(2)28-21-13-8-16-6-4-5-7-19(16)20(21)14-22-23(26)25(24(29)30-22)17-9-11-18(27-3)12-10-17/h4-15H,1-3H3/b22-14-. The third kappa shape index (κ3) is 3.93. The van der Waals surface area contributed by atoms with Gasteiger partial charge in [-0.25, -0.2) is 0 Å². The van der Waals surface area contributed by atoms with Crippen LogP contribution in [0.3, 0.4) is 0 Å². The first-order chi connectivity index (χ1) is 14.5. The summed E-state index contributed by atoms with van der Waals surface area (Å²) in [6.07, 6.45) is 1.91. The van der Waals surface area contributed by atoms with Crippen molar-refractivity contribution >= 4 is 56.7 Å². The molecule has 4 nitrogen and oxygen atoms in total. The lowest BCUT2D eigenvalue weighted by Crippen LogP contribution is -2.27. The number of thioether (sulfide) groups is 1. The second-order valence-electron chi connectivity index (χ2n) is 7.08. The molecule has 152 valence electrons. The third-order valence-corrected chi connectivity index (χ3v) is 6.00. The van der Waals surface area contributed by atoms with E-state index in [1.165, 1.54) is 11.8 Å². The van der Waals surface area contributed by atoms with Crippen LogP contribution < -0.4 is 14.4 Å². The third-order valence-electron chi connectivity index (χ3n) is 4.69. The highest BCUT2D eigenvalue weighted by atomic mass is 32.2. The van der Waals surface area contributed by atoms with E-state index in [1.807, 2.05) is 74.5 Å². The topological polar surface area (TPSA) is 38.8 Å². The lowest BCUT2D eigenvalue weighted by atomic mass is 10.0. The molecule has 3 aromatic rings. The second-order valence-corrected chi connectivity index (χ2v) is 8.76. The van der Waals surface area contributed by atoms with Crippen LogP contribution in [0.4, 0.5) is 5.69 Å². The highest BCUT2D eigenvalue weighted by Crippen LogP contribution is 2.39. The number of ether oxygens (including phenoxy) is 2. The molecule has 0 radical (unpaired) electrons. The minimum absolute atomic E-state index is 0.0205. The van der Waals surface area contributed by atoms with Crippen molar-refractivity contribution in [3.8, 4) is 11.5 Å². The molecular weight excluding hydrogens is 414 g/mol. The van der Waals surface area contributed by atoms with Crippen molar-refractivity contribution < 1.29 is 14.3 Å². The molecule has 6 heteroatoms. The molecule has 3 aromatic carbocycles. The fourth-order valence-electron chi connectivity index (χ4n) is 3.33. The average molecular weight is 436 g/mol. The summed E-state index contributed by atoms with van der Waals surface area (Å²) in [5.74, 6) is 1.34. The number of methoxy groups -OCH3 is 1. The Hall–Kier alpha value is -2.83. The molecule has 1 fully saturated rings. The van der Waals surface area contributed by atoms with Crippen LogP contribution >= 0.6 is 24.0 Å². The van der Waals surface area contributed by atoms with E-state index in [-0.39, 0.29) is 12.0 Å². The highest BCUT2D eigenvalue weighted by Gasteiger charge is 2.33. The average Bonchev–Trinajstić information content (AvgIpc) is 3.02. The van der Waals surface area contributed by atoms with E-state index in [2.05, 4.69) is 6.07 Å². The Morgan fingerprint density at radius 2 is 1.77 bits per heavy atom. The zero-order chi connectivity index (χ0) is 21.3. The number of benzene rings is 3. The number of amides is 1. The highest BCUT2D eigenvalue weighted by molar-refractivity contribution is 8.27. The van der Waals surface area contributed by atoms with E-state index >= 15 is 0 Å². The summed E-state index contributed by atoms with van der Waals surface area (Å²) in [6, 6.07) is 19.4. The number of hydrogen-bond donors (Lipinski definition) is 0. The van der Waals surface area contributed by atoms with Gasteiger partial charge in [0.1, 0.15) is 11.5 Å². The molecule has 1 saturated heterocycles. The molecule has 4 rings (SSSR count). The molecule has 0 aromatic heterocycles. The van der Waals surface area contributed by atoms with Gasteiger partial charge in [-0.3, -0.25) is 9.69 Å². The fraction of sp³-hybridized carbons (Fsp3) is 0.167. The van der Waals surface area contributed by atoms with Gasteiger partial charge in [0.15, 0.2) is 4.32 Å². The van der Waals surface area contributed by atoms with Crippen LogP contribution in [0, 0.1) is 0 Å². The molecular formula is C24H21NO3S2. The van der Waals surface area contributed by atoms with Gasteiger partial charge in [0.25, 0.3) is 5.91 Å². The number of hydrogen-bond acceptors (Lipinski definition) is 5. The minimum Gasteiger partial charge on any atom is -0.497 e. The van der Waals surface area contributed by atoms with Crippen LogP contribution in [0.15, 0.2) is 65.6 Å². The zero-order valence-corrected chi connectivity index (χ0v) is 18.5. The SMILES string of the molecule is COc1ccc(N2C(=O)/C(=C/c3c(OC(C)C)ccc4ccccc34)SC2=S)cc1. The number of fused-ring (bicyclic) bond motifs is 1. The Morgan fingerprint density at radius 3 is 2.47 bits per heavy atom. The lowest BCUT2D eigenvalue weighted by Gasteiger charge is -2.16. The zero-order valence-electron chi connectivity index (χ0n) is 16.9. The van der Waals surface area contributed by atoms with Gasteiger partial charge < -0.3 is 9.47 Å². The molecule has 0 bridgehead atoms. The molecule has 1 amide bonds. The lowest BCUT2D eigenvalue weighted by molar-refractivity contribution is -0.113. The van der Waals surface area contributed by atoms with E-state index in [4.69, 9.17) is 21.7 Å². The summed E-state index contributed by atoms with van der Waals surface area (Å²) in [4.78, 5) is 15.3. The summed E-state index contributed by atoms with van der Waals surface area (Å²) in [5, 5.41) is 2.12. The minimum atomic E-state index is -0.140. The van der Waals surface area contributed by atoms with Crippen molar-refractivity contribution in [1.29, 1.82) is 0 Å². The Morgan fingerprint density at radius 1 is 1.03 bits per heavy atom. The van der Waals surface area contributed by atoms with Gasteiger partial charge in [0.05, 0.1) is 23.8 Å². The first-order valence-electron chi connectivity index (χ1n) is 9.58. The maximum Gasteiger partial charge on any atom is 0.270 e. The Bertz CT molecular complexity index is 1150. The Labute approximate surface area is 185 Å². The number of thiocarbonyl (C=S) groups is 1. The number of anilines is 1. The Balaban J connectivity index is 1.77. The van der Waals surface area contributed by atoms with Crippen LogP contribution in [-0.2, 0) is 4.79 Å². The molecule has 1 aliphatic heterocycles. The normalized spacial score (nSPS) is 15.5. The van der Waals surface area contributed by atoms with E-state index in [1.54, 1.807) is 12.0 Å². The summed E-state index contributed by atoms with van der Waals surface area (Å²) < 4.78 is 11.7. The van der Waals surface area contributed by atoms with Crippen molar-refractivity contribution in [2.45, 2.75) is 20.0 Å². The van der Waals surface area contributed by atoms with E-state index < -0.39 is 0 Å². The summed E-state index contributed by atoms with van der Waals surface area (Å²) in [6.45, 7) is 3.98. The first-order valence-corrected chi connectivity index (χ1v) is 10.8. The molecule has 0 spiro atoms. The van der Waals surface area contributed by atoms with Crippen molar-refractivity contribution in [3.05, 3.63) is 71.1 Å². The number of rotatable bonds is 5. The number of carbonyl (C=O) groups excluding carboxylic acids is 1. The van der Waals surface area contributed by atoms with Crippen LogP contribution in [0.5, 0.6) is 11.5 Å². The van der Waals surface area contributed by atoms with Crippen LogP contribution in [-0.4, -0.2) is 23.4 Å². The molecule has 1 heterocycles. The maximum absolute atomic E-state index is 13.2. The monoisotopic (exact) mass is 435 g/mol. The van der Waals surface area contributed by atoms with Crippen LogP contribution in [0.25, 0.3) is 16.8 Å². The predicted octanol–water partition coefficient (Wildman–Crippen LogP) is 6.04. The van der Waals surface area contributed by atoms with Crippen molar-refractivity contribution in [1.82, 2.24) is 0 Å². The smallest absolute Gasteiger partial charge is 0.270 e. The van der Waals surface area contributed by atoms with Crippen molar-refractivity contribution in [2.24, 2.45) is 0 Å². The quantitative estimate of drug-likeness (QED) is 0.361. The summed E-state index contributed by atoms with van der Waals surface area (Å²) in [5.41, 5.74) is 1.61. The van der Waals surface area contributed by atoms with Gasteiger partial charge in [-0.2, -0.15) is 0 Å². The maximum atomic E-state index is 13.2. The molecule has 0 saturated carbocycles. The van der Waals surface area contributed by atoms with Gasteiger partial charge in [-0.05, 0) is 61.0 Å². The predicted molar refractivity (Wildman–Crippen MR) is 128 cm³/mol. The fourth-order valence-corrected chi connectivity index (χ4v) is 4.61. The van der Waals surface area contributed by atoms with Crippen molar-refractivity contribution in [3.63, 3.8) is 0 Å². The van der Waals surface area contributed by atoms with Crippen LogP contribution in [0.1, 0.15) is 19.4 Å². The van der Waals surface area contributed by atoms with E-state index in [0.29, 0.717) is 9.23 Å². The molecule has 0 atom stereocenters. The summed E-state index contributed by atoms with van der Waals surface area (Å²) >= 11 is 6.82. The molecule has 0 N–H and O–H groups in total. The number of nitrogens with zero attached hydrogens (tertiary/aromatic N) is 1. The second kappa shape index (κ2) is 8.50.